The summed E-state index contributed by atoms with van der Waals surface area (Å²) in [6.45, 7) is 5.14. The largest absolute Gasteiger partial charge is 0.395 e. The molecule has 1 N–H and O–H groups in total. The van der Waals surface area contributed by atoms with E-state index in [0.717, 1.165) is 74.5 Å². The average molecular weight is 540 g/mol. The lowest BCUT2D eigenvalue weighted by molar-refractivity contribution is -0.133. The second kappa shape index (κ2) is 10.2. The summed E-state index contributed by atoms with van der Waals surface area (Å²) in [5.74, 6) is 1.65. The number of hydrogen-bond donors (Lipinski definition) is 1. The van der Waals surface area contributed by atoms with Crippen molar-refractivity contribution in [3.63, 3.8) is 0 Å². The van der Waals surface area contributed by atoms with E-state index in [1.54, 1.807) is 0 Å². The molecule has 8 nitrogen and oxygen atoms in total. The van der Waals surface area contributed by atoms with E-state index in [0.29, 0.717) is 31.8 Å². The maximum atomic E-state index is 14.1. The van der Waals surface area contributed by atoms with Crippen LogP contribution in [0, 0.1) is 11.8 Å². The molecule has 4 aliphatic heterocycles. The van der Waals surface area contributed by atoms with Crippen LogP contribution in [0.25, 0.3) is 11.1 Å². The molecule has 0 radical (unpaired) electrons. The first-order valence-electron chi connectivity index (χ1n) is 14.8. The lowest BCUT2D eigenvalue weighted by Gasteiger charge is -2.36. The number of aliphatic hydroxyl groups excluding tert-OH is 1. The number of nitrogens with zero attached hydrogens (tertiary/aromatic N) is 5. The topological polar surface area (TPSA) is 88.8 Å². The Balaban J connectivity index is 1.14. The average Bonchev–Trinajstić information content (AvgIpc) is 3.44. The first-order valence-corrected chi connectivity index (χ1v) is 14.8. The van der Waals surface area contributed by atoms with Gasteiger partial charge in [0.05, 0.1) is 13.2 Å². The standard InChI is InChI=1S/C32H37N5O3/c38-16-15-35-13-10-32(11-14-35)31(40)37(21-22-9-12-36(20-22)30(39)25-5-6-25)29(34-32)24-3-1-23(2-4-24)26-7-8-27-18-33-19-28(27)17-26/h1-4,7-8,17,19,22,25,38H,5-6,9-16,18,20-21H2/t22-/m1/s1. The van der Waals surface area contributed by atoms with Gasteiger partial charge in [-0.3, -0.25) is 24.5 Å². The Kier molecular flexibility index (Phi) is 6.55. The number of hydrogen-bond acceptors (Lipinski definition) is 6. The van der Waals surface area contributed by atoms with E-state index in [1.807, 2.05) is 16.0 Å². The lowest BCUT2D eigenvalue weighted by Crippen LogP contribution is -2.51. The van der Waals surface area contributed by atoms with Gasteiger partial charge >= 0.3 is 0 Å². The highest BCUT2D eigenvalue weighted by Gasteiger charge is 2.50. The summed E-state index contributed by atoms with van der Waals surface area (Å²) in [6.07, 6.45) is 6.23. The molecule has 2 saturated heterocycles. The Hall–Kier alpha value is -3.36. The molecule has 2 aromatic carbocycles. The summed E-state index contributed by atoms with van der Waals surface area (Å²) < 4.78 is 0. The van der Waals surface area contributed by atoms with Crippen LogP contribution in [-0.4, -0.2) is 95.1 Å². The predicted molar refractivity (Wildman–Crippen MR) is 154 cm³/mol. The van der Waals surface area contributed by atoms with Gasteiger partial charge in [-0.2, -0.15) is 0 Å². The number of carbonyl (C=O) groups is 2. The van der Waals surface area contributed by atoms with Crippen molar-refractivity contribution >= 4 is 23.9 Å². The number of amides is 2. The summed E-state index contributed by atoms with van der Waals surface area (Å²) in [5, 5.41) is 9.39. The molecule has 2 aromatic rings. The van der Waals surface area contributed by atoms with Crippen LogP contribution in [0.15, 0.2) is 52.4 Å². The van der Waals surface area contributed by atoms with Crippen LogP contribution in [0.2, 0.25) is 0 Å². The van der Waals surface area contributed by atoms with Gasteiger partial charge in [-0.25, -0.2) is 0 Å². The Morgan fingerprint density at radius 2 is 1.73 bits per heavy atom. The van der Waals surface area contributed by atoms with Gasteiger partial charge in [-0.1, -0.05) is 36.4 Å². The van der Waals surface area contributed by atoms with Crippen molar-refractivity contribution in [1.82, 2.24) is 14.7 Å². The van der Waals surface area contributed by atoms with Crippen molar-refractivity contribution in [2.75, 3.05) is 45.9 Å². The van der Waals surface area contributed by atoms with E-state index in [4.69, 9.17) is 4.99 Å². The molecule has 0 unspecified atom stereocenters. The zero-order valence-corrected chi connectivity index (χ0v) is 23.0. The van der Waals surface area contributed by atoms with Crippen LogP contribution in [0.3, 0.4) is 0 Å². The fourth-order valence-corrected chi connectivity index (χ4v) is 6.78. The minimum Gasteiger partial charge on any atom is -0.395 e. The fourth-order valence-electron chi connectivity index (χ4n) is 6.78. The van der Waals surface area contributed by atoms with Gasteiger partial charge in [0.15, 0.2) is 0 Å². The first kappa shape index (κ1) is 25.6. The van der Waals surface area contributed by atoms with Crippen molar-refractivity contribution in [2.24, 2.45) is 21.8 Å². The summed E-state index contributed by atoms with van der Waals surface area (Å²) in [7, 11) is 0. The summed E-state index contributed by atoms with van der Waals surface area (Å²) >= 11 is 0. The van der Waals surface area contributed by atoms with E-state index in [-0.39, 0.29) is 24.3 Å². The highest BCUT2D eigenvalue weighted by Crippen LogP contribution is 2.38. The fraction of sp³-hybridized carbons (Fsp3) is 0.500. The highest BCUT2D eigenvalue weighted by molar-refractivity contribution is 6.15. The predicted octanol–water partition coefficient (Wildman–Crippen LogP) is 2.96. The van der Waals surface area contributed by atoms with Crippen LogP contribution in [-0.2, 0) is 16.1 Å². The number of piperidine rings is 1. The van der Waals surface area contributed by atoms with Crippen molar-refractivity contribution in [3.8, 4) is 11.1 Å². The minimum atomic E-state index is -0.735. The third-order valence-corrected chi connectivity index (χ3v) is 9.40. The molecule has 0 aromatic heterocycles. The molecule has 7 rings (SSSR count). The molecule has 208 valence electrons. The van der Waals surface area contributed by atoms with Gasteiger partial charge < -0.3 is 14.9 Å². The second-order valence-electron chi connectivity index (χ2n) is 12.1. The number of carbonyl (C=O) groups excluding carboxylic acids is 2. The third-order valence-electron chi connectivity index (χ3n) is 9.40. The quantitative estimate of drug-likeness (QED) is 0.586. The number of benzene rings is 2. The minimum absolute atomic E-state index is 0.0973. The molecule has 40 heavy (non-hydrogen) atoms. The maximum Gasteiger partial charge on any atom is 0.256 e. The first-order chi connectivity index (χ1) is 19.5. The Labute approximate surface area is 235 Å². The number of likely N-dealkylation sites (tertiary alicyclic amines) is 2. The molecule has 8 heteroatoms. The number of amidine groups is 1. The van der Waals surface area contributed by atoms with E-state index in [2.05, 4.69) is 52.4 Å². The van der Waals surface area contributed by atoms with Crippen LogP contribution in [0.5, 0.6) is 0 Å². The van der Waals surface area contributed by atoms with Crippen LogP contribution in [0.4, 0.5) is 0 Å². The van der Waals surface area contributed by atoms with Crippen LogP contribution < -0.4 is 0 Å². The number of aliphatic imine (C=N–C) groups is 2. The molecular weight excluding hydrogens is 502 g/mol. The normalized spacial score (nSPS) is 23.8. The molecular formula is C32H37N5O3. The highest BCUT2D eigenvalue weighted by atomic mass is 16.3. The molecule has 5 aliphatic rings. The molecule has 2 amide bonds. The zero-order valence-electron chi connectivity index (χ0n) is 23.0. The molecule has 1 saturated carbocycles. The van der Waals surface area contributed by atoms with Crippen molar-refractivity contribution in [1.29, 1.82) is 0 Å². The number of fused-ring (bicyclic) bond motifs is 1. The third kappa shape index (κ3) is 4.67. The molecule has 0 bridgehead atoms. The summed E-state index contributed by atoms with van der Waals surface area (Å²) in [5.41, 5.74) is 4.94. The van der Waals surface area contributed by atoms with Gasteiger partial charge in [0, 0.05) is 57.0 Å². The summed E-state index contributed by atoms with van der Waals surface area (Å²) in [4.78, 5) is 42.5. The van der Waals surface area contributed by atoms with Crippen molar-refractivity contribution in [2.45, 2.75) is 44.2 Å². The molecule has 1 atom stereocenters. The maximum absolute atomic E-state index is 14.1. The van der Waals surface area contributed by atoms with Gasteiger partial charge in [0.25, 0.3) is 5.91 Å². The smallest absolute Gasteiger partial charge is 0.256 e. The van der Waals surface area contributed by atoms with Crippen LogP contribution >= 0.6 is 0 Å². The van der Waals surface area contributed by atoms with Gasteiger partial charge in [-0.15, -0.1) is 0 Å². The van der Waals surface area contributed by atoms with Crippen LogP contribution in [0.1, 0.15) is 48.8 Å². The molecule has 3 fully saturated rings. The summed E-state index contributed by atoms with van der Waals surface area (Å²) in [6, 6.07) is 14.9. The number of rotatable bonds is 7. The SMILES string of the molecule is O=C(C1CC1)N1CC[C@@H](CN2C(=O)C3(CCN(CCO)CC3)N=C2c2ccc(-c3ccc4c(c3)C=NC4)cc2)C1. The van der Waals surface area contributed by atoms with Gasteiger partial charge in [0.2, 0.25) is 5.91 Å². The molecule has 4 heterocycles. The molecule has 1 aliphatic carbocycles. The van der Waals surface area contributed by atoms with E-state index in [1.165, 1.54) is 11.1 Å². The zero-order chi connectivity index (χ0) is 27.3. The Morgan fingerprint density at radius 1 is 0.975 bits per heavy atom. The molecule has 1 spiro atoms. The van der Waals surface area contributed by atoms with E-state index < -0.39 is 5.54 Å². The van der Waals surface area contributed by atoms with Crippen molar-refractivity contribution in [3.05, 3.63) is 59.2 Å². The monoisotopic (exact) mass is 539 g/mol. The van der Waals surface area contributed by atoms with Gasteiger partial charge in [0.1, 0.15) is 11.4 Å². The Bertz CT molecular complexity index is 1370. The number of aliphatic hydroxyl groups is 1. The second-order valence-corrected chi connectivity index (χ2v) is 12.1. The number of β-amino-alcohol motifs (C(OH)–C–C–N with tert-alkyl or cyclic N) is 1. The van der Waals surface area contributed by atoms with Crippen molar-refractivity contribution < 1.29 is 14.7 Å². The Morgan fingerprint density at radius 3 is 2.48 bits per heavy atom. The lowest BCUT2D eigenvalue weighted by atomic mass is 9.87. The van der Waals surface area contributed by atoms with E-state index in [9.17, 15) is 14.7 Å². The van der Waals surface area contributed by atoms with Gasteiger partial charge in [-0.05, 0) is 66.3 Å². The van der Waals surface area contributed by atoms with E-state index >= 15 is 0 Å².